The first-order valence-electron chi connectivity index (χ1n) is 10.2. The van der Waals surface area contributed by atoms with E-state index in [1.54, 1.807) is 48.7 Å². The summed E-state index contributed by atoms with van der Waals surface area (Å²) in [5, 5.41) is 19.5. The summed E-state index contributed by atoms with van der Waals surface area (Å²) in [5.41, 5.74) is 1.60. The lowest BCUT2D eigenvalue weighted by Crippen LogP contribution is -2.09. The molecule has 0 saturated carbocycles. The van der Waals surface area contributed by atoms with Crippen molar-refractivity contribution < 1.29 is 29.3 Å². The van der Waals surface area contributed by atoms with Crippen LogP contribution in [0, 0.1) is 0 Å². The van der Waals surface area contributed by atoms with Gasteiger partial charge in [0.25, 0.3) is 0 Å². The number of rotatable bonds is 9. The second kappa shape index (κ2) is 11.3. The van der Waals surface area contributed by atoms with E-state index in [1.165, 1.54) is 56.7 Å². The summed E-state index contributed by atoms with van der Waals surface area (Å²) in [6.45, 7) is 0. The Balaban J connectivity index is 1.90. The molecular weight excluding hydrogens is 434 g/mol. The number of nitrogens with zero attached hydrogens (tertiary/aromatic N) is 1. The Bertz CT molecular complexity index is 1200. The van der Waals surface area contributed by atoms with E-state index in [2.05, 4.69) is 4.98 Å². The summed E-state index contributed by atoms with van der Waals surface area (Å²) >= 11 is 0. The van der Waals surface area contributed by atoms with E-state index in [9.17, 15) is 19.8 Å². The third kappa shape index (κ3) is 6.20. The fraction of sp³-hybridized carbons (Fsp3) is 0.0741. The van der Waals surface area contributed by atoms with Gasteiger partial charge >= 0.3 is 0 Å². The van der Waals surface area contributed by atoms with Gasteiger partial charge < -0.3 is 19.7 Å². The minimum absolute atomic E-state index is 0.0205. The van der Waals surface area contributed by atoms with Crippen molar-refractivity contribution in [1.29, 1.82) is 0 Å². The highest BCUT2D eigenvalue weighted by atomic mass is 16.5. The largest absolute Gasteiger partial charge is 0.504 e. The molecule has 0 aliphatic rings. The first-order valence-corrected chi connectivity index (χ1v) is 10.2. The van der Waals surface area contributed by atoms with E-state index in [4.69, 9.17) is 9.47 Å². The van der Waals surface area contributed by atoms with E-state index in [0.717, 1.165) is 0 Å². The lowest BCUT2D eigenvalue weighted by atomic mass is 10.0. The summed E-state index contributed by atoms with van der Waals surface area (Å²) in [6.07, 6.45) is 8.59. The highest BCUT2D eigenvalue weighted by molar-refractivity contribution is 6.31. The molecule has 2 N–H and O–H groups in total. The summed E-state index contributed by atoms with van der Waals surface area (Å²) in [4.78, 5) is 30.1. The van der Waals surface area contributed by atoms with Gasteiger partial charge in [-0.3, -0.25) is 14.6 Å². The van der Waals surface area contributed by atoms with Crippen molar-refractivity contribution in [2.45, 2.75) is 0 Å². The van der Waals surface area contributed by atoms with Crippen LogP contribution in [0.15, 0.2) is 78.5 Å². The first kappa shape index (κ1) is 24.0. The number of carbonyl (C=O) groups excluding carboxylic acids is 2. The fourth-order valence-electron chi connectivity index (χ4n) is 2.99. The predicted molar refractivity (Wildman–Crippen MR) is 130 cm³/mol. The average Bonchev–Trinajstić information content (AvgIpc) is 2.86. The molecule has 0 aliphatic carbocycles. The molecule has 34 heavy (non-hydrogen) atoms. The minimum Gasteiger partial charge on any atom is -0.504 e. The van der Waals surface area contributed by atoms with Crippen LogP contribution < -0.4 is 9.47 Å². The number of phenolic OH excluding ortho intramolecular Hbond substituents is 2. The Morgan fingerprint density at radius 3 is 1.76 bits per heavy atom. The lowest BCUT2D eigenvalue weighted by Gasteiger charge is -2.04. The van der Waals surface area contributed by atoms with Gasteiger partial charge in [0, 0.05) is 6.20 Å². The lowest BCUT2D eigenvalue weighted by molar-refractivity contribution is -0.116. The molecule has 0 spiro atoms. The van der Waals surface area contributed by atoms with Crippen LogP contribution in [0.3, 0.4) is 0 Å². The van der Waals surface area contributed by atoms with E-state index < -0.39 is 11.6 Å². The molecule has 1 heterocycles. The van der Waals surface area contributed by atoms with Crippen molar-refractivity contribution >= 4 is 29.8 Å². The van der Waals surface area contributed by atoms with E-state index >= 15 is 0 Å². The molecule has 0 unspecified atom stereocenters. The van der Waals surface area contributed by atoms with E-state index in [1.807, 2.05) is 0 Å². The quantitative estimate of drug-likeness (QED) is 0.278. The fourth-order valence-corrected chi connectivity index (χ4v) is 2.99. The Hall–Kier alpha value is -4.65. The number of ether oxygens (including phenoxy) is 2. The average molecular weight is 457 g/mol. The molecular formula is C27H23NO6. The Labute approximate surface area is 196 Å². The molecule has 7 heteroatoms. The molecule has 0 amide bonds. The Morgan fingerprint density at radius 1 is 0.794 bits per heavy atom. The number of ketones is 2. The summed E-state index contributed by atoms with van der Waals surface area (Å²) < 4.78 is 10.2. The van der Waals surface area contributed by atoms with E-state index in [-0.39, 0.29) is 28.6 Å². The number of carbonyl (C=O) groups is 2. The number of pyridine rings is 1. The molecule has 0 saturated heterocycles. The van der Waals surface area contributed by atoms with Crippen LogP contribution in [0.25, 0.3) is 18.2 Å². The van der Waals surface area contributed by atoms with Gasteiger partial charge in [0.1, 0.15) is 0 Å². The van der Waals surface area contributed by atoms with Crippen molar-refractivity contribution in [1.82, 2.24) is 4.98 Å². The van der Waals surface area contributed by atoms with Crippen molar-refractivity contribution in [3.05, 3.63) is 95.3 Å². The van der Waals surface area contributed by atoms with Gasteiger partial charge in [-0.2, -0.15) is 0 Å². The highest BCUT2D eigenvalue weighted by Crippen LogP contribution is 2.28. The zero-order valence-corrected chi connectivity index (χ0v) is 18.6. The van der Waals surface area contributed by atoms with Crippen LogP contribution in [0.1, 0.15) is 16.8 Å². The van der Waals surface area contributed by atoms with Crippen molar-refractivity contribution in [2.75, 3.05) is 14.2 Å². The minimum atomic E-state index is -0.518. The monoisotopic (exact) mass is 457 g/mol. The zero-order valence-electron chi connectivity index (χ0n) is 18.6. The molecule has 1 aromatic heterocycles. The number of allylic oxidation sites excluding steroid dienone is 3. The number of phenols is 2. The molecule has 0 bridgehead atoms. The maximum atomic E-state index is 13.0. The Morgan fingerprint density at radius 2 is 1.32 bits per heavy atom. The normalized spacial score (nSPS) is 10.9. The first-order chi connectivity index (χ1) is 16.4. The second-order valence-electron chi connectivity index (χ2n) is 7.07. The smallest absolute Gasteiger partial charge is 0.189 e. The van der Waals surface area contributed by atoms with Crippen molar-refractivity contribution in [3.63, 3.8) is 0 Å². The van der Waals surface area contributed by atoms with Gasteiger partial charge in [0.05, 0.1) is 25.5 Å². The number of benzene rings is 2. The van der Waals surface area contributed by atoms with Crippen LogP contribution in [-0.4, -0.2) is 41.0 Å². The van der Waals surface area contributed by atoms with Gasteiger partial charge in [-0.1, -0.05) is 30.4 Å². The maximum absolute atomic E-state index is 13.0. The number of hydrogen-bond acceptors (Lipinski definition) is 7. The predicted octanol–water partition coefficient (Wildman–Crippen LogP) is 4.46. The third-order valence-electron chi connectivity index (χ3n) is 4.77. The zero-order chi connectivity index (χ0) is 24.5. The van der Waals surface area contributed by atoms with Crippen molar-refractivity contribution in [3.8, 4) is 23.0 Å². The molecule has 3 rings (SSSR count). The summed E-state index contributed by atoms with van der Waals surface area (Å²) in [6, 6.07) is 14.4. The van der Waals surface area contributed by atoms with Crippen LogP contribution >= 0.6 is 0 Å². The maximum Gasteiger partial charge on any atom is 0.189 e. The number of aromatic hydroxyl groups is 2. The molecule has 172 valence electrons. The Kier molecular flexibility index (Phi) is 7.97. The summed E-state index contributed by atoms with van der Waals surface area (Å²) in [5.74, 6) is -0.545. The third-order valence-corrected chi connectivity index (χ3v) is 4.77. The summed E-state index contributed by atoms with van der Waals surface area (Å²) in [7, 11) is 2.85. The van der Waals surface area contributed by atoms with Gasteiger partial charge in [-0.25, -0.2) is 0 Å². The van der Waals surface area contributed by atoms with Gasteiger partial charge in [0.15, 0.2) is 34.6 Å². The topological polar surface area (TPSA) is 106 Å². The molecule has 3 aromatic rings. The molecule has 0 radical (unpaired) electrons. The van der Waals surface area contributed by atoms with Crippen LogP contribution in [0.2, 0.25) is 0 Å². The second-order valence-corrected chi connectivity index (χ2v) is 7.07. The van der Waals surface area contributed by atoms with E-state index in [0.29, 0.717) is 16.8 Å². The van der Waals surface area contributed by atoms with Gasteiger partial charge in [0.2, 0.25) is 0 Å². The SMILES string of the molecule is COc1cc(/C=C/C(=O)C(=Cc2ccccn2)C(=O)/C=C/c2ccc(O)c(OC)c2)ccc1O. The molecule has 0 fully saturated rings. The van der Waals surface area contributed by atoms with Crippen molar-refractivity contribution in [2.24, 2.45) is 0 Å². The molecule has 0 atom stereocenters. The standard InChI is InChI=1S/C27H23NO6/c1-33-26-15-18(8-12-24(26)31)6-10-22(29)21(17-20-5-3-4-14-28-20)23(30)11-7-19-9-13-25(32)27(16-19)34-2/h3-17,31-32H,1-2H3/b10-6+,11-7+. The van der Waals surface area contributed by atoms with Crippen LogP contribution in [0.4, 0.5) is 0 Å². The molecule has 2 aromatic carbocycles. The highest BCUT2D eigenvalue weighted by Gasteiger charge is 2.15. The molecule has 0 aliphatic heterocycles. The number of methoxy groups -OCH3 is 2. The van der Waals surface area contributed by atoms with Crippen LogP contribution in [0.5, 0.6) is 23.0 Å². The van der Waals surface area contributed by atoms with Crippen LogP contribution in [-0.2, 0) is 9.59 Å². The van der Waals surface area contributed by atoms with Gasteiger partial charge in [-0.15, -0.1) is 0 Å². The van der Waals surface area contributed by atoms with Gasteiger partial charge in [-0.05, 0) is 65.8 Å². The number of aromatic nitrogens is 1. The number of hydrogen-bond donors (Lipinski definition) is 2. The molecule has 7 nitrogen and oxygen atoms in total.